The third-order valence-corrected chi connectivity index (χ3v) is 5.37. The van der Waals surface area contributed by atoms with Crippen LogP contribution in [0.15, 0.2) is 48.8 Å². The Bertz CT molecular complexity index is 1240. The fourth-order valence-electron chi connectivity index (χ4n) is 3.84. The predicted molar refractivity (Wildman–Crippen MR) is 131 cm³/mol. The van der Waals surface area contributed by atoms with Crippen molar-refractivity contribution in [3.05, 3.63) is 65.6 Å². The first kappa shape index (κ1) is 24.0. The molecular formula is C26H28N4O5. The Hall–Kier alpha value is -4.14. The number of ether oxygens (including phenoxy) is 2. The number of esters is 1. The highest BCUT2D eigenvalue weighted by Gasteiger charge is 2.36. The molecule has 1 aliphatic rings. The van der Waals surface area contributed by atoms with Crippen LogP contribution in [0.2, 0.25) is 0 Å². The molecule has 0 bridgehead atoms. The van der Waals surface area contributed by atoms with Crippen LogP contribution in [0.25, 0.3) is 11.3 Å². The van der Waals surface area contributed by atoms with E-state index in [0.29, 0.717) is 41.2 Å². The van der Waals surface area contributed by atoms with Crippen molar-refractivity contribution in [1.82, 2.24) is 14.9 Å². The number of hydrogen-bond acceptors (Lipinski definition) is 7. The summed E-state index contributed by atoms with van der Waals surface area (Å²) in [6.07, 6.45) is 3.12. The van der Waals surface area contributed by atoms with Crippen LogP contribution in [-0.4, -0.2) is 51.6 Å². The molecule has 0 aliphatic carbocycles. The average molecular weight is 477 g/mol. The maximum absolute atomic E-state index is 13.5. The van der Waals surface area contributed by atoms with E-state index in [1.165, 1.54) is 0 Å². The Morgan fingerprint density at radius 3 is 2.43 bits per heavy atom. The lowest BCUT2D eigenvalue weighted by molar-refractivity contribution is 0.0233. The number of fused-ring (bicyclic) bond motifs is 1. The van der Waals surface area contributed by atoms with E-state index < -0.39 is 23.6 Å². The van der Waals surface area contributed by atoms with Gasteiger partial charge in [0.1, 0.15) is 5.60 Å². The second-order valence-corrected chi connectivity index (χ2v) is 9.07. The quantitative estimate of drug-likeness (QED) is 0.502. The number of aromatic amines is 1. The van der Waals surface area contributed by atoms with Gasteiger partial charge in [-0.15, -0.1) is 0 Å². The molecule has 0 saturated carbocycles. The molecule has 2 amide bonds. The van der Waals surface area contributed by atoms with Gasteiger partial charge in [-0.3, -0.25) is 9.78 Å². The molecule has 3 aromatic rings. The summed E-state index contributed by atoms with van der Waals surface area (Å²) < 4.78 is 10.5. The summed E-state index contributed by atoms with van der Waals surface area (Å²) in [5.74, 6) is -0.846. The molecule has 0 spiro atoms. The minimum atomic E-state index is -0.722. The average Bonchev–Trinajstić information content (AvgIpc) is 3.18. The number of nitrogens with one attached hydrogen (secondary N) is 2. The van der Waals surface area contributed by atoms with Crippen molar-refractivity contribution >= 4 is 29.3 Å². The summed E-state index contributed by atoms with van der Waals surface area (Å²) in [5, 5.41) is 3.31. The zero-order valence-electron chi connectivity index (χ0n) is 20.2. The third kappa shape index (κ3) is 5.18. The summed E-state index contributed by atoms with van der Waals surface area (Å²) in [5.41, 5.74) is 3.54. The summed E-state index contributed by atoms with van der Waals surface area (Å²) in [6, 6.07) is 10.5. The van der Waals surface area contributed by atoms with Gasteiger partial charge in [0.2, 0.25) is 0 Å². The lowest BCUT2D eigenvalue weighted by Gasteiger charge is -2.29. The fraction of sp³-hybridized carbons (Fsp3) is 0.308. The van der Waals surface area contributed by atoms with E-state index in [2.05, 4.69) is 15.3 Å². The number of imide groups is 1. The standard InChI is InChI=1S/C26H28N4O5/c1-5-34-24(32)17-6-8-18(9-7-17)28-22-20-19(29-21(22)16-10-13-27-14-11-16)12-15-30(23(20)31)25(33)35-26(2,3)4/h6-11,13-14,28-29H,5,12,15H2,1-4H3. The Balaban J connectivity index is 1.72. The normalized spacial score (nSPS) is 13.3. The maximum Gasteiger partial charge on any atom is 0.417 e. The number of pyridine rings is 1. The smallest absolute Gasteiger partial charge is 0.417 e. The van der Waals surface area contributed by atoms with Crippen molar-refractivity contribution in [2.45, 2.75) is 39.7 Å². The predicted octanol–water partition coefficient (Wildman–Crippen LogP) is 4.93. The van der Waals surface area contributed by atoms with Gasteiger partial charge < -0.3 is 19.8 Å². The van der Waals surface area contributed by atoms with Gasteiger partial charge >= 0.3 is 12.1 Å². The molecule has 1 aliphatic heterocycles. The Labute approximate surface area is 203 Å². The summed E-state index contributed by atoms with van der Waals surface area (Å²) in [7, 11) is 0. The van der Waals surface area contributed by atoms with Crippen LogP contribution in [0.5, 0.6) is 0 Å². The van der Waals surface area contributed by atoms with Gasteiger partial charge in [0, 0.05) is 42.3 Å². The second kappa shape index (κ2) is 9.61. The first-order chi connectivity index (χ1) is 16.7. The van der Waals surface area contributed by atoms with Crippen molar-refractivity contribution < 1.29 is 23.9 Å². The molecule has 35 heavy (non-hydrogen) atoms. The van der Waals surface area contributed by atoms with Gasteiger partial charge in [-0.05, 0) is 64.1 Å². The zero-order valence-corrected chi connectivity index (χ0v) is 20.2. The van der Waals surface area contributed by atoms with E-state index in [1.54, 1.807) is 64.4 Å². The van der Waals surface area contributed by atoms with Gasteiger partial charge in [-0.25, -0.2) is 14.5 Å². The molecule has 2 N–H and O–H groups in total. The van der Waals surface area contributed by atoms with E-state index in [9.17, 15) is 14.4 Å². The van der Waals surface area contributed by atoms with Crippen LogP contribution in [0.3, 0.4) is 0 Å². The van der Waals surface area contributed by atoms with Crippen LogP contribution in [0.4, 0.5) is 16.2 Å². The molecule has 9 heteroatoms. The molecular weight excluding hydrogens is 448 g/mol. The van der Waals surface area contributed by atoms with Crippen molar-refractivity contribution in [1.29, 1.82) is 0 Å². The zero-order chi connectivity index (χ0) is 25.2. The van der Waals surface area contributed by atoms with Crippen LogP contribution < -0.4 is 5.32 Å². The summed E-state index contributed by atoms with van der Waals surface area (Å²) in [6.45, 7) is 7.53. The molecule has 0 fully saturated rings. The summed E-state index contributed by atoms with van der Waals surface area (Å²) in [4.78, 5) is 46.8. The lowest BCUT2D eigenvalue weighted by atomic mass is 10.0. The minimum Gasteiger partial charge on any atom is -0.462 e. The number of aromatic nitrogens is 2. The monoisotopic (exact) mass is 476 g/mol. The van der Waals surface area contributed by atoms with Crippen LogP contribution in [-0.2, 0) is 15.9 Å². The number of rotatable bonds is 5. The van der Waals surface area contributed by atoms with Crippen molar-refractivity contribution in [3.8, 4) is 11.3 Å². The molecule has 0 saturated heterocycles. The van der Waals surface area contributed by atoms with Gasteiger partial charge in [0.05, 0.1) is 29.1 Å². The first-order valence-electron chi connectivity index (χ1n) is 11.4. The molecule has 0 radical (unpaired) electrons. The van der Waals surface area contributed by atoms with Crippen LogP contribution in [0.1, 0.15) is 54.1 Å². The number of amides is 2. The topological polar surface area (TPSA) is 114 Å². The molecule has 2 aromatic heterocycles. The minimum absolute atomic E-state index is 0.213. The van der Waals surface area contributed by atoms with Gasteiger partial charge in [-0.2, -0.15) is 0 Å². The molecule has 4 rings (SSSR count). The highest BCUT2D eigenvalue weighted by Crippen LogP contribution is 2.38. The first-order valence-corrected chi connectivity index (χ1v) is 11.4. The van der Waals surface area contributed by atoms with Gasteiger partial charge in [0.15, 0.2) is 0 Å². The van der Waals surface area contributed by atoms with Crippen molar-refractivity contribution in [2.75, 3.05) is 18.5 Å². The number of carbonyl (C=O) groups is 3. The number of anilines is 2. The Morgan fingerprint density at radius 1 is 1.11 bits per heavy atom. The second-order valence-electron chi connectivity index (χ2n) is 9.07. The molecule has 0 unspecified atom stereocenters. The van der Waals surface area contributed by atoms with E-state index in [-0.39, 0.29) is 6.54 Å². The lowest BCUT2D eigenvalue weighted by Crippen LogP contribution is -2.44. The van der Waals surface area contributed by atoms with Crippen LogP contribution in [0, 0.1) is 0 Å². The fourth-order valence-corrected chi connectivity index (χ4v) is 3.84. The number of carbonyl (C=O) groups excluding carboxylic acids is 3. The summed E-state index contributed by atoms with van der Waals surface area (Å²) >= 11 is 0. The largest absolute Gasteiger partial charge is 0.462 e. The van der Waals surface area contributed by atoms with E-state index in [0.717, 1.165) is 16.2 Å². The van der Waals surface area contributed by atoms with Crippen molar-refractivity contribution in [2.24, 2.45) is 0 Å². The van der Waals surface area contributed by atoms with E-state index in [4.69, 9.17) is 9.47 Å². The Kier molecular flexibility index (Phi) is 6.59. The Morgan fingerprint density at radius 2 is 1.80 bits per heavy atom. The molecule has 3 heterocycles. The van der Waals surface area contributed by atoms with Crippen LogP contribution >= 0.6 is 0 Å². The highest BCUT2D eigenvalue weighted by molar-refractivity contribution is 6.11. The number of H-pyrrole nitrogens is 1. The molecule has 1 aromatic carbocycles. The SMILES string of the molecule is CCOC(=O)c1ccc(Nc2c(-c3ccncc3)[nH]c3c2C(=O)N(C(=O)OC(C)(C)C)CC3)cc1. The van der Waals surface area contributed by atoms with E-state index >= 15 is 0 Å². The molecule has 9 nitrogen and oxygen atoms in total. The van der Waals surface area contributed by atoms with Gasteiger partial charge in [-0.1, -0.05) is 0 Å². The number of benzene rings is 1. The highest BCUT2D eigenvalue weighted by atomic mass is 16.6. The number of hydrogen-bond donors (Lipinski definition) is 2. The maximum atomic E-state index is 13.5. The van der Waals surface area contributed by atoms with Gasteiger partial charge in [0.25, 0.3) is 5.91 Å². The molecule has 182 valence electrons. The van der Waals surface area contributed by atoms with E-state index in [1.807, 2.05) is 12.1 Å². The molecule has 0 atom stereocenters. The number of nitrogens with zero attached hydrogens (tertiary/aromatic N) is 2. The van der Waals surface area contributed by atoms with Crippen molar-refractivity contribution in [3.63, 3.8) is 0 Å². The third-order valence-electron chi connectivity index (χ3n) is 5.37.